The van der Waals surface area contributed by atoms with Gasteiger partial charge in [-0.3, -0.25) is 0 Å². The van der Waals surface area contributed by atoms with E-state index in [1.165, 1.54) is 12.1 Å². The monoisotopic (exact) mass is 271 g/mol. The van der Waals surface area contributed by atoms with Crippen LogP contribution in [0.1, 0.15) is 18.9 Å². The normalized spacial score (nSPS) is 14.3. The maximum atomic E-state index is 10.00. The lowest BCUT2D eigenvalue weighted by Crippen LogP contribution is -2.38. The highest BCUT2D eigenvalue weighted by atomic mass is 16.5. The Hall–Kier alpha value is -1.50. The van der Waals surface area contributed by atoms with Gasteiger partial charge >= 0.3 is 0 Å². The minimum atomic E-state index is -0.912. The molecule has 1 aromatic carbocycles. The second kappa shape index (κ2) is 6.60. The Labute approximate surface area is 112 Å². The van der Waals surface area contributed by atoms with Crippen molar-refractivity contribution in [1.82, 2.24) is 5.32 Å². The SMILES string of the molecule is COCCC(C)(O)CNCc1ccc(O)c(O)c1O. The van der Waals surface area contributed by atoms with Crippen molar-refractivity contribution in [2.45, 2.75) is 25.5 Å². The summed E-state index contributed by atoms with van der Waals surface area (Å²) in [6, 6.07) is 2.80. The molecule has 6 nitrogen and oxygen atoms in total. The number of phenolic OH excluding ortho intramolecular Hbond substituents is 3. The van der Waals surface area contributed by atoms with Gasteiger partial charge in [0.15, 0.2) is 11.5 Å². The molecule has 0 radical (unpaired) electrons. The molecule has 1 atom stereocenters. The number of ether oxygens (including phenoxy) is 1. The van der Waals surface area contributed by atoms with Crippen LogP contribution in [0.15, 0.2) is 12.1 Å². The molecule has 0 aromatic heterocycles. The predicted molar refractivity (Wildman–Crippen MR) is 70.3 cm³/mol. The number of aliphatic hydroxyl groups is 1. The summed E-state index contributed by atoms with van der Waals surface area (Å²) < 4.78 is 4.90. The highest BCUT2D eigenvalue weighted by molar-refractivity contribution is 5.52. The van der Waals surface area contributed by atoms with Gasteiger partial charge in [-0.15, -0.1) is 0 Å². The molecule has 5 N–H and O–H groups in total. The quantitative estimate of drug-likeness (QED) is 0.467. The summed E-state index contributed by atoms with van der Waals surface area (Å²) in [5.74, 6) is -1.26. The number of hydrogen-bond acceptors (Lipinski definition) is 6. The Kier molecular flexibility index (Phi) is 5.41. The van der Waals surface area contributed by atoms with Gasteiger partial charge in [0.05, 0.1) is 5.60 Å². The number of rotatable bonds is 7. The summed E-state index contributed by atoms with van der Waals surface area (Å²) in [5, 5.41) is 41.2. The van der Waals surface area contributed by atoms with E-state index in [-0.39, 0.29) is 18.0 Å². The molecule has 0 bridgehead atoms. The van der Waals surface area contributed by atoms with Crippen LogP contribution in [0.4, 0.5) is 0 Å². The second-order valence-electron chi connectivity index (χ2n) is 4.78. The maximum absolute atomic E-state index is 10.00. The third-order valence-corrected chi connectivity index (χ3v) is 2.88. The summed E-state index contributed by atoms with van der Waals surface area (Å²) in [6.07, 6.45) is 0.489. The lowest BCUT2D eigenvalue weighted by molar-refractivity contribution is 0.0247. The Bertz CT molecular complexity index is 420. The van der Waals surface area contributed by atoms with Crippen LogP contribution < -0.4 is 5.32 Å². The van der Waals surface area contributed by atoms with Gasteiger partial charge in [-0.2, -0.15) is 0 Å². The number of benzene rings is 1. The van der Waals surface area contributed by atoms with Gasteiger partial charge in [0.2, 0.25) is 5.75 Å². The summed E-state index contributed by atoms with van der Waals surface area (Å²) in [4.78, 5) is 0. The molecule has 108 valence electrons. The lowest BCUT2D eigenvalue weighted by Gasteiger charge is -2.23. The molecule has 0 aliphatic rings. The van der Waals surface area contributed by atoms with Crippen molar-refractivity contribution in [3.63, 3.8) is 0 Å². The van der Waals surface area contributed by atoms with Crippen LogP contribution in [0.2, 0.25) is 0 Å². The van der Waals surface area contributed by atoms with E-state index in [9.17, 15) is 20.4 Å². The third kappa shape index (κ3) is 4.59. The minimum absolute atomic E-state index is 0.267. The fraction of sp³-hybridized carbons (Fsp3) is 0.538. The zero-order chi connectivity index (χ0) is 14.5. The summed E-state index contributed by atoms with van der Waals surface area (Å²) >= 11 is 0. The standard InChI is InChI=1S/C13H21NO5/c1-13(18,5-6-19-2)8-14-7-9-3-4-10(15)12(17)11(9)16/h3-4,14-18H,5-8H2,1-2H3. The Morgan fingerprint density at radius 3 is 2.53 bits per heavy atom. The third-order valence-electron chi connectivity index (χ3n) is 2.88. The molecule has 0 spiro atoms. The van der Waals surface area contributed by atoms with E-state index >= 15 is 0 Å². The number of nitrogens with one attached hydrogen (secondary N) is 1. The van der Waals surface area contributed by atoms with Crippen molar-refractivity contribution in [1.29, 1.82) is 0 Å². The molecule has 1 aromatic rings. The van der Waals surface area contributed by atoms with Crippen LogP contribution >= 0.6 is 0 Å². The first-order valence-electron chi connectivity index (χ1n) is 6.02. The molecule has 0 saturated heterocycles. The molecule has 0 fully saturated rings. The van der Waals surface area contributed by atoms with Crippen molar-refractivity contribution in [3.05, 3.63) is 17.7 Å². The van der Waals surface area contributed by atoms with Crippen LogP contribution in [-0.2, 0) is 11.3 Å². The fourth-order valence-electron chi connectivity index (χ4n) is 1.63. The average Bonchev–Trinajstić information content (AvgIpc) is 2.36. The molecule has 19 heavy (non-hydrogen) atoms. The maximum Gasteiger partial charge on any atom is 0.200 e. The average molecular weight is 271 g/mol. The number of hydrogen-bond donors (Lipinski definition) is 5. The zero-order valence-electron chi connectivity index (χ0n) is 11.2. The van der Waals surface area contributed by atoms with E-state index in [1.54, 1.807) is 14.0 Å². The largest absolute Gasteiger partial charge is 0.504 e. The van der Waals surface area contributed by atoms with Gasteiger partial charge in [-0.1, -0.05) is 6.07 Å². The Morgan fingerprint density at radius 1 is 1.21 bits per heavy atom. The molecule has 0 amide bonds. The Morgan fingerprint density at radius 2 is 1.89 bits per heavy atom. The zero-order valence-corrected chi connectivity index (χ0v) is 11.2. The molecule has 0 aliphatic heterocycles. The van der Waals surface area contributed by atoms with Crippen LogP contribution in [0.5, 0.6) is 17.2 Å². The topological polar surface area (TPSA) is 102 Å². The van der Waals surface area contributed by atoms with E-state index in [0.29, 0.717) is 25.1 Å². The predicted octanol–water partition coefficient (Wildman–Crippen LogP) is 0.680. The molecule has 0 aliphatic carbocycles. The number of phenols is 3. The van der Waals surface area contributed by atoms with Crippen LogP contribution in [0, 0.1) is 0 Å². The molecule has 6 heteroatoms. The van der Waals surface area contributed by atoms with Gasteiger partial charge in [0, 0.05) is 38.8 Å². The molecule has 0 heterocycles. The van der Waals surface area contributed by atoms with Crippen molar-refractivity contribution in [2.75, 3.05) is 20.3 Å². The summed E-state index contributed by atoms with van der Waals surface area (Å²) in [7, 11) is 1.57. The highest BCUT2D eigenvalue weighted by Crippen LogP contribution is 2.36. The van der Waals surface area contributed by atoms with E-state index in [1.807, 2.05) is 0 Å². The van der Waals surface area contributed by atoms with Crippen molar-refractivity contribution in [3.8, 4) is 17.2 Å². The van der Waals surface area contributed by atoms with E-state index in [4.69, 9.17) is 4.74 Å². The highest BCUT2D eigenvalue weighted by Gasteiger charge is 2.19. The van der Waals surface area contributed by atoms with Crippen molar-refractivity contribution < 1.29 is 25.2 Å². The first kappa shape index (κ1) is 15.6. The van der Waals surface area contributed by atoms with Crippen molar-refractivity contribution >= 4 is 0 Å². The number of aromatic hydroxyl groups is 3. The van der Waals surface area contributed by atoms with E-state index < -0.39 is 11.4 Å². The molecule has 1 rings (SSSR count). The van der Waals surface area contributed by atoms with Gasteiger partial charge in [-0.05, 0) is 13.0 Å². The summed E-state index contributed by atoms with van der Waals surface area (Å²) in [5.41, 5.74) is -0.470. The van der Waals surface area contributed by atoms with Gasteiger partial charge in [0.25, 0.3) is 0 Å². The Balaban J connectivity index is 2.52. The van der Waals surface area contributed by atoms with Gasteiger partial charge < -0.3 is 30.5 Å². The number of methoxy groups -OCH3 is 1. The second-order valence-corrected chi connectivity index (χ2v) is 4.78. The van der Waals surface area contributed by atoms with E-state index in [2.05, 4.69) is 5.32 Å². The fourth-order valence-corrected chi connectivity index (χ4v) is 1.63. The molecule has 1 unspecified atom stereocenters. The first-order chi connectivity index (χ1) is 8.87. The first-order valence-corrected chi connectivity index (χ1v) is 6.02. The van der Waals surface area contributed by atoms with E-state index in [0.717, 1.165) is 0 Å². The summed E-state index contributed by atoms with van der Waals surface area (Å²) in [6.45, 7) is 2.73. The van der Waals surface area contributed by atoms with Crippen molar-refractivity contribution in [2.24, 2.45) is 0 Å². The molecular weight excluding hydrogens is 250 g/mol. The molecule has 0 saturated carbocycles. The van der Waals surface area contributed by atoms with Crippen LogP contribution in [-0.4, -0.2) is 46.3 Å². The van der Waals surface area contributed by atoms with Crippen LogP contribution in [0.25, 0.3) is 0 Å². The molecular formula is C13H21NO5. The minimum Gasteiger partial charge on any atom is -0.504 e. The smallest absolute Gasteiger partial charge is 0.200 e. The lowest BCUT2D eigenvalue weighted by atomic mass is 10.0. The van der Waals surface area contributed by atoms with Gasteiger partial charge in [0.1, 0.15) is 0 Å². The van der Waals surface area contributed by atoms with Gasteiger partial charge in [-0.25, -0.2) is 0 Å². The van der Waals surface area contributed by atoms with Crippen LogP contribution in [0.3, 0.4) is 0 Å².